The molecule has 0 aliphatic rings. The average Bonchev–Trinajstić information content (AvgIpc) is 2.86. The quantitative estimate of drug-likeness (QED) is 0.553. The molecule has 1 atom stereocenters. The molecule has 1 unspecified atom stereocenters. The standard InChI is InChI=1S/C15H20N4O2/c16-12(15(21)18-7-3-6-14(17)20)8-10-9-19-13-5-2-1-4-11(10)13/h1-2,4-5,9,12,19H,3,6-8,16H2,(H2,17,20)(H,18,21). The highest BCUT2D eigenvalue weighted by Gasteiger charge is 2.15. The number of benzene rings is 1. The number of hydrogen-bond acceptors (Lipinski definition) is 3. The number of nitrogens with one attached hydrogen (secondary N) is 2. The third kappa shape index (κ3) is 4.06. The average molecular weight is 288 g/mol. The van der Waals surface area contributed by atoms with Gasteiger partial charge in [-0.1, -0.05) is 18.2 Å². The molecule has 1 aromatic carbocycles. The number of primary amides is 1. The summed E-state index contributed by atoms with van der Waals surface area (Å²) >= 11 is 0. The van der Waals surface area contributed by atoms with Crippen LogP contribution in [-0.4, -0.2) is 29.4 Å². The van der Waals surface area contributed by atoms with E-state index in [9.17, 15) is 9.59 Å². The van der Waals surface area contributed by atoms with E-state index in [-0.39, 0.29) is 18.2 Å². The Morgan fingerprint density at radius 1 is 1.29 bits per heavy atom. The summed E-state index contributed by atoms with van der Waals surface area (Å²) in [5.41, 5.74) is 13.0. The molecule has 2 aromatic rings. The maximum atomic E-state index is 11.9. The smallest absolute Gasteiger partial charge is 0.237 e. The van der Waals surface area contributed by atoms with Crippen LogP contribution in [0.25, 0.3) is 10.9 Å². The molecule has 6 N–H and O–H groups in total. The minimum atomic E-state index is -0.613. The van der Waals surface area contributed by atoms with Crippen molar-refractivity contribution in [3.63, 3.8) is 0 Å². The first-order chi connectivity index (χ1) is 10.1. The number of para-hydroxylation sites is 1. The van der Waals surface area contributed by atoms with Crippen molar-refractivity contribution in [1.29, 1.82) is 0 Å². The number of carbonyl (C=O) groups is 2. The number of fused-ring (bicyclic) bond motifs is 1. The lowest BCUT2D eigenvalue weighted by molar-refractivity contribution is -0.123. The second kappa shape index (κ2) is 6.90. The first kappa shape index (κ1) is 15.1. The number of nitrogens with two attached hydrogens (primary N) is 2. The molecule has 0 fully saturated rings. The summed E-state index contributed by atoms with van der Waals surface area (Å²) in [6.07, 6.45) is 3.13. The van der Waals surface area contributed by atoms with E-state index >= 15 is 0 Å². The second-order valence-corrected chi connectivity index (χ2v) is 5.03. The van der Waals surface area contributed by atoms with E-state index in [2.05, 4.69) is 10.3 Å². The molecule has 112 valence electrons. The predicted octanol–water partition coefficient (Wildman–Crippen LogP) is 0.419. The largest absolute Gasteiger partial charge is 0.370 e. The van der Waals surface area contributed by atoms with Crippen molar-refractivity contribution in [2.24, 2.45) is 11.5 Å². The van der Waals surface area contributed by atoms with Gasteiger partial charge < -0.3 is 21.8 Å². The van der Waals surface area contributed by atoms with Gasteiger partial charge in [0.05, 0.1) is 6.04 Å². The summed E-state index contributed by atoms with van der Waals surface area (Å²) in [4.78, 5) is 25.6. The third-order valence-corrected chi connectivity index (χ3v) is 3.35. The van der Waals surface area contributed by atoms with Gasteiger partial charge in [-0.15, -0.1) is 0 Å². The number of amides is 2. The molecule has 6 heteroatoms. The van der Waals surface area contributed by atoms with E-state index in [1.807, 2.05) is 30.5 Å². The second-order valence-electron chi connectivity index (χ2n) is 5.03. The van der Waals surface area contributed by atoms with E-state index in [0.29, 0.717) is 19.4 Å². The highest BCUT2D eigenvalue weighted by molar-refractivity contribution is 5.86. The fourth-order valence-electron chi connectivity index (χ4n) is 2.24. The fraction of sp³-hybridized carbons (Fsp3) is 0.333. The molecule has 2 amide bonds. The maximum absolute atomic E-state index is 11.9. The molecule has 2 rings (SSSR count). The Labute approximate surface area is 122 Å². The number of H-pyrrole nitrogens is 1. The number of rotatable bonds is 7. The van der Waals surface area contributed by atoms with Crippen LogP contribution >= 0.6 is 0 Å². The van der Waals surface area contributed by atoms with Crippen molar-refractivity contribution in [2.45, 2.75) is 25.3 Å². The lowest BCUT2D eigenvalue weighted by Gasteiger charge is -2.11. The normalized spacial score (nSPS) is 12.2. The lowest BCUT2D eigenvalue weighted by Crippen LogP contribution is -2.42. The Balaban J connectivity index is 1.87. The summed E-state index contributed by atoms with van der Waals surface area (Å²) in [5, 5.41) is 3.79. The fourth-order valence-corrected chi connectivity index (χ4v) is 2.24. The molecule has 0 saturated heterocycles. The van der Waals surface area contributed by atoms with Gasteiger partial charge in [-0.3, -0.25) is 9.59 Å². The third-order valence-electron chi connectivity index (χ3n) is 3.35. The molecular formula is C15H20N4O2. The van der Waals surface area contributed by atoms with Crippen LogP contribution in [0.5, 0.6) is 0 Å². The molecule has 0 bridgehead atoms. The molecule has 21 heavy (non-hydrogen) atoms. The van der Waals surface area contributed by atoms with Crippen molar-refractivity contribution in [3.8, 4) is 0 Å². The zero-order valence-electron chi connectivity index (χ0n) is 11.8. The van der Waals surface area contributed by atoms with Crippen LogP contribution in [0.2, 0.25) is 0 Å². The van der Waals surface area contributed by atoms with Crippen LogP contribution in [0.1, 0.15) is 18.4 Å². The lowest BCUT2D eigenvalue weighted by atomic mass is 10.1. The van der Waals surface area contributed by atoms with E-state index in [1.54, 1.807) is 0 Å². The Kier molecular flexibility index (Phi) is 4.94. The van der Waals surface area contributed by atoms with Crippen molar-refractivity contribution in [1.82, 2.24) is 10.3 Å². The minimum absolute atomic E-state index is 0.218. The van der Waals surface area contributed by atoms with E-state index in [0.717, 1.165) is 16.5 Å². The molecule has 0 aliphatic heterocycles. The Hall–Kier alpha value is -2.34. The van der Waals surface area contributed by atoms with Crippen LogP contribution in [-0.2, 0) is 16.0 Å². The van der Waals surface area contributed by atoms with E-state index in [4.69, 9.17) is 11.5 Å². The Bertz CT molecular complexity index is 635. The number of aromatic nitrogens is 1. The molecule has 0 radical (unpaired) electrons. The molecular weight excluding hydrogens is 268 g/mol. The monoisotopic (exact) mass is 288 g/mol. The zero-order valence-corrected chi connectivity index (χ0v) is 11.8. The number of carbonyl (C=O) groups excluding carboxylic acids is 2. The zero-order chi connectivity index (χ0) is 15.2. The Morgan fingerprint density at radius 3 is 2.81 bits per heavy atom. The van der Waals surface area contributed by atoms with Crippen LogP contribution in [0.15, 0.2) is 30.5 Å². The van der Waals surface area contributed by atoms with E-state index in [1.165, 1.54) is 0 Å². The summed E-state index contributed by atoms with van der Waals surface area (Å²) in [6, 6.07) is 7.27. The molecule has 0 aliphatic carbocycles. The number of hydrogen-bond donors (Lipinski definition) is 4. The van der Waals surface area contributed by atoms with Gasteiger partial charge in [0.1, 0.15) is 0 Å². The van der Waals surface area contributed by atoms with Crippen LogP contribution in [0, 0.1) is 0 Å². The minimum Gasteiger partial charge on any atom is -0.370 e. The molecule has 0 saturated carbocycles. The van der Waals surface area contributed by atoms with Gasteiger partial charge in [-0.05, 0) is 24.5 Å². The Morgan fingerprint density at radius 2 is 2.05 bits per heavy atom. The summed E-state index contributed by atoms with van der Waals surface area (Å²) < 4.78 is 0. The molecule has 6 nitrogen and oxygen atoms in total. The van der Waals surface area contributed by atoms with Gasteiger partial charge in [-0.2, -0.15) is 0 Å². The van der Waals surface area contributed by atoms with Crippen molar-refractivity contribution in [2.75, 3.05) is 6.54 Å². The van der Waals surface area contributed by atoms with Crippen LogP contribution in [0.3, 0.4) is 0 Å². The van der Waals surface area contributed by atoms with Gasteiger partial charge in [0.2, 0.25) is 11.8 Å². The SMILES string of the molecule is NC(=O)CCCNC(=O)C(N)Cc1c[nH]c2ccccc12. The highest BCUT2D eigenvalue weighted by Crippen LogP contribution is 2.18. The first-order valence-electron chi connectivity index (χ1n) is 6.94. The highest BCUT2D eigenvalue weighted by atomic mass is 16.2. The van der Waals surface area contributed by atoms with Gasteiger partial charge in [0.15, 0.2) is 0 Å². The van der Waals surface area contributed by atoms with Crippen molar-refractivity contribution < 1.29 is 9.59 Å². The van der Waals surface area contributed by atoms with Crippen molar-refractivity contribution >= 4 is 22.7 Å². The summed E-state index contributed by atoms with van der Waals surface area (Å²) in [7, 11) is 0. The van der Waals surface area contributed by atoms with E-state index < -0.39 is 6.04 Å². The molecule has 0 spiro atoms. The molecule has 1 heterocycles. The van der Waals surface area contributed by atoms with Gasteiger partial charge >= 0.3 is 0 Å². The molecule has 1 aromatic heterocycles. The van der Waals surface area contributed by atoms with Gasteiger partial charge in [0.25, 0.3) is 0 Å². The van der Waals surface area contributed by atoms with Crippen molar-refractivity contribution in [3.05, 3.63) is 36.0 Å². The number of aromatic amines is 1. The topological polar surface area (TPSA) is 114 Å². The van der Waals surface area contributed by atoms with Crippen LogP contribution < -0.4 is 16.8 Å². The van der Waals surface area contributed by atoms with Crippen LogP contribution in [0.4, 0.5) is 0 Å². The van der Waals surface area contributed by atoms with Gasteiger partial charge in [0, 0.05) is 30.1 Å². The van der Waals surface area contributed by atoms with Gasteiger partial charge in [-0.25, -0.2) is 0 Å². The summed E-state index contributed by atoms with van der Waals surface area (Å²) in [6.45, 7) is 0.406. The first-order valence-corrected chi connectivity index (χ1v) is 6.94. The predicted molar refractivity (Wildman–Crippen MR) is 81.4 cm³/mol. The summed E-state index contributed by atoms with van der Waals surface area (Å²) in [5.74, 6) is -0.586. The maximum Gasteiger partial charge on any atom is 0.237 e.